The Morgan fingerprint density at radius 3 is 2.35 bits per heavy atom. The van der Waals surface area contributed by atoms with Gasteiger partial charge in [-0.15, -0.1) is 0 Å². The molecule has 1 fully saturated rings. The van der Waals surface area contributed by atoms with Gasteiger partial charge in [0.2, 0.25) is 12.2 Å². The summed E-state index contributed by atoms with van der Waals surface area (Å²) in [5.74, 6) is -7.75. The number of aliphatic hydroxyl groups excluding tert-OH is 3. The van der Waals surface area contributed by atoms with Crippen LogP contribution in [0.2, 0.25) is 0 Å². The zero-order valence-electron chi connectivity index (χ0n) is 27.3. The molecule has 1 saturated heterocycles. The zero-order valence-corrected chi connectivity index (χ0v) is 27.3. The number of likely N-dealkylation sites (N-methyl/N-ethyl adjacent to an activating group) is 1. The van der Waals surface area contributed by atoms with Crippen molar-refractivity contribution in [3.8, 4) is 5.75 Å². The minimum absolute atomic E-state index is 0.0352. The largest absolute Gasteiger partial charge is 0.481 e. The second kappa shape index (κ2) is 13.7. The minimum Gasteiger partial charge on any atom is -0.481 e. The van der Waals surface area contributed by atoms with Gasteiger partial charge >= 0.3 is 29.8 Å². The number of nitrogens with zero attached hydrogens (tertiary/aromatic N) is 1. The summed E-state index contributed by atoms with van der Waals surface area (Å²) in [4.78, 5) is 64.0. The van der Waals surface area contributed by atoms with Gasteiger partial charge in [-0.3, -0.25) is 4.79 Å². The summed E-state index contributed by atoms with van der Waals surface area (Å²) in [7, 11) is 1.93. The van der Waals surface area contributed by atoms with Crippen LogP contribution < -0.4 is 4.74 Å². The second-order valence-electron chi connectivity index (χ2n) is 13.2. The lowest BCUT2D eigenvalue weighted by Gasteiger charge is -2.56. The van der Waals surface area contributed by atoms with E-state index in [0.717, 1.165) is 11.1 Å². The smallest absolute Gasteiger partial charge is 0.353 e. The van der Waals surface area contributed by atoms with Crippen LogP contribution in [0.25, 0.3) is 0 Å². The van der Waals surface area contributed by atoms with Crippen LogP contribution >= 0.6 is 0 Å². The number of ether oxygens (including phenoxy) is 4. The number of likely N-dealkylation sites (tertiary alicyclic amines) is 1. The summed E-state index contributed by atoms with van der Waals surface area (Å²) in [5, 5.41) is 62.4. The summed E-state index contributed by atoms with van der Waals surface area (Å²) >= 11 is 0. The van der Waals surface area contributed by atoms with Gasteiger partial charge < -0.3 is 54.5 Å². The molecular formula is C35H37NO15. The minimum atomic E-state index is -2.62. The number of rotatable bonds is 12. The van der Waals surface area contributed by atoms with Gasteiger partial charge in [-0.25, -0.2) is 19.2 Å². The topological polar surface area (TPSA) is 247 Å². The van der Waals surface area contributed by atoms with E-state index in [4.69, 9.17) is 24.1 Å². The van der Waals surface area contributed by atoms with Crippen molar-refractivity contribution in [3.05, 3.63) is 76.6 Å². The molecule has 2 heterocycles. The monoisotopic (exact) mass is 711 g/mol. The van der Waals surface area contributed by atoms with E-state index >= 15 is 0 Å². The van der Waals surface area contributed by atoms with Crippen LogP contribution in [-0.2, 0) is 56.6 Å². The number of carbonyl (C=O) groups excluding carboxylic acids is 3. The molecule has 2 aliphatic heterocycles. The van der Waals surface area contributed by atoms with Crippen molar-refractivity contribution < 1.29 is 73.6 Å². The van der Waals surface area contributed by atoms with Crippen molar-refractivity contribution in [2.75, 3.05) is 13.6 Å². The van der Waals surface area contributed by atoms with Crippen LogP contribution in [0.15, 0.2) is 54.3 Å². The first-order valence-electron chi connectivity index (χ1n) is 16.3. The summed E-state index contributed by atoms with van der Waals surface area (Å²) < 4.78 is 21.9. The third-order valence-electron chi connectivity index (χ3n) is 10.3. The first-order valence-corrected chi connectivity index (χ1v) is 16.3. The molecule has 8 atom stereocenters. The Morgan fingerprint density at radius 1 is 0.980 bits per heavy atom. The van der Waals surface area contributed by atoms with E-state index in [0.29, 0.717) is 37.1 Å². The molecule has 2 aliphatic carbocycles. The Kier molecular flexibility index (Phi) is 9.65. The molecule has 6 N–H and O–H groups in total. The van der Waals surface area contributed by atoms with Gasteiger partial charge in [-0.1, -0.05) is 42.5 Å². The van der Waals surface area contributed by atoms with Crippen molar-refractivity contribution in [3.63, 3.8) is 0 Å². The lowest BCUT2D eigenvalue weighted by atomic mass is 9.52. The normalized spacial score (nSPS) is 26.9. The number of aliphatic hydroxyl groups is 4. The zero-order chi connectivity index (χ0) is 36.8. The van der Waals surface area contributed by atoms with Gasteiger partial charge in [-0.05, 0) is 44.5 Å². The van der Waals surface area contributed by atoms with Crippen LogP contribution in [0.1, 0.15) is 54.0 Å². The van der Waals surface area contributed by atoms with E-state index in [9.17, 15) is 49.5 Å². The van der Waals surface area contributed by atoms with Gasteiger partial charge in [0.05, 0.1) is 24.0 Å². The Balaban J connectivity index is 1.22. The number of hydrogen-bond donors (Lipinski definition) is 6. The fourth-order valence-corrected chi connectivity index (χ4v) is 7.93. The van der Waals surface area contributed by atoms with Crippen molar-refractivity contribution >= 4 is 29.8 Å². The van der Waals surface area contributed by atoms with Gasteiger partial charge in [0.25, 0.3) is 0 Å². The van der Waals surface area contributed by atoms with Crippen LogP contribution in [0, 0.1) is 0 Å². The first kappa shape index (κ1) is 35.9. The highest BCUT2D eigenvalue weighted by atomic mass is 16.6. The highest BCUT2D eigenvalue weighted by molar-refractivity contribution is 5.89. The van der Waals surface area contributed by atoms with Crippen molar-refractivity contribution in [1.29, 1.82) is 0 Å². The summed E-state index contributed by atoms with van der Waals surface area (Å²) in [5.41, 5.74) is -0.393. The molecule has 0 amide bonds. The third-order valence-corrected chi connectivity index (χ3v) is 10.3. The Labute approximate surface area is 290 Å². The number of aliphatic carboxylic acids is 2. The highest BCUT2D eigenvalue weighted by Gasteiger charge is 2.71. The van der Waals surface area contributed by atoms with E-state index in [1.807, 2.05) is 13.1 Å². The molecule has 2 bridgehead atoms. The lowest BCUT2D eigenvalue weighted by Crippen LogP contribution is -2.69. The maximum Gasteiger partial charge on any atom is 0.353 e. The molecule has 16 heteroatoms. The number of carboxylic acid groups (broad SMARTS) is 2. The molecule has 51 heavy (non-hydrogen) atoms. The SMILES string of the molecule is CN1CCC[C@]23c4c5ccc(CO)c4O[C@H]2C(OC(=O)[C@H](O)[C@@H](O)C(=O)O[C@H](C(=O)O[C@H](CC(=O)O)C(=O)O)c2ccccc2)=CC[C@@]3(O)[C@H]1C5. The third kappa shape index (κ3) is 6.02. The molecule has 1 spiro atoms. The molecular weight excluding hydrogens is 674 g/mol. The van der Waals surface area contributed by atoms with Gasteiger partial charge in [-0.2, -0.15) is 0 Å². The summed E-state index contributed by atoms with van der Waals surface area (Å²) in [6, 6.07) is 10.3. The van der Waals surface area contributed by atoms with E-state index in [-0.39, 0.29) is 30.4 Å². The molecule has 4 aliphatic rings. The average Bonchev–Trinajstić information content (AvgIpc) is 3.44. The maximum atomic E-state index is 13.3. The number of esters is 3. The lowest BCUT2D eigenvalue weighted by molar-refractivity contribution is -0.187. The first-order chi connectivity index (χ1) is 24.2. The standard InChI is InChI=1S/C35H37NO15/c1-36-13-5-11-34-24-18-8-9-19(16-37)27(24)50-29(34)20(10-12-35(34,47)22(36)14-18)48-31(44)25(40)26(41)32(45)51-28(17-6-3-2-4-7-17)33(46)49-21(30(42)43)15-23(38)39/h2-4,6-10,21-22,25-26,28-29,37,40-41,47H,5,11-16H2,1H3,(H,38,39)(H,42,43)/t21-,22-,25-,26-,28+,29+,34+,35-/m1/s1. The predicted molar refractivity (Wildman–Crippen MR) is 169 cm³/mol. The van der Waals surface area contributed by atoms with Crippen LogP contribution in [-0.4, -0.2) is 115 Å². The Hall–Kier alpha value is -4.87. The van der Waals surface area contributed by atoms with Crippen LogP contribution in [0.3, 0.4) is 0 Å². The Bertz CT molecular complexity index is 1780. The average molecular weight is 712 g/mol. The van der Waals surface area contributed by atoms with E-state index in [2.05, 4.69) is 4.90 Å². The number of carbonyl (C=O) groups is 5. The maximum absolute atomic E-state index is 13.3. The van der Waals surface area contributed by atoms with Gasteiger partial charge in [0.15, 0.2) is 18.3 Å². The van der Waals surface area contributed by atoms with E-state index in [1.54, 1.807) is 12.1 Å². The number of carboxylic acids is 2. The molecule has 0 radical (unpaired) electrons. The number of benzene rings is 2. The second-order valence-corrected chi connectivity index (χ2v) is 13.2. The molecule has 16 nitrogen and oxygen atoms in total. The molecule has 6 rings (SSSR count). The van der Waals surface area contributed by atoms with Gasteiger partial charge in [0.1, 0.15) is 11.5 Å². The molecule has 272 valence electrons. The fraction of sp³-hybridized carbons (Fsp3) is 0.457. The number of hydrogen-bond acceptors (Lipinski definition) is 14. The van der Waals surface area contributed by atoms with Crippen molar-refractivity contribution in [2.24, 2.45) is 0 Å². The van der Waals surface area contributed by atoms with E-state index in [1.165, 1.54) is 30.3 Å². The van der Waals surface area contributed by atoms with Crippen LogP contribution in [0.5, 0.6) is 5.75 Å². The predicted octanol–water partition coefficient (Wildman–Crippen LogP) is -0.133. The van der Waals surface area contributed by atoms with Crippen molar-refractivity contribution in [1.82, 2.24) is 4.90 Å². The molecule has 0 aromatic heterocycles. The van der Waals surface area contributed by atoms with Crippen molar-refractivity contribution in [2.45, 2.75) is 86.3 Å². The molecule has 2 aromatic rings. The van der Waals surface area contributed by atoms with Crippen LogP contribution in [0.4, 0.5) is 0 Å². The molecule has 2 aromatic carbocycles. The Morgan fingerprint density at radius 2 is 1.69 bits per heavy atom. The molecule has 0 saturated carbocycles. The molecule has 0 unspecified atom stereocenters. The van der Waals surface area contributed by atoms with E-state index < -0.39 is 77.8 Å². The summed E-state index contributed by atoms with van der Waals surface area (Å²) in [6.45, 7) is 0.320. The fourth-order valence-electron chi connectivity index (χ4n) is 7.93. The van der Waals surface area contributed by atoms with Gasteiger partial charge in [0, 0.05) is 29.2 Å². The quantitative estimate of drug-likeness (QED) is 0.124. The highest BCUT2D eigenvalue weighted by Crippen LogP contribution is 2.64. The summed E-state index contributed by atoms with van der Waals surface area (Å²) in [6.07, 6.45) is -8.42.